The zero-order valence-corrected chi connectivity index (χ0v) is 16.6. The number of carbonyl (C=O) groups is 4. The maximum Gasteiger partial charge on any atom is 0.322 e. The average molecular weight is 428 g/mol. The van der Waals surface area contributed by atoms with Crippen molar-refractivity contribution in [1.29, 1.82) is 0 Å². The minimum absolute atomic E-state index is 0.122. The fraction of sp³-hybridized carbons (Fsp3) is 0.120. The third-order valence-electron chi connectivity index (χ3n) is 5.77. The summed E-state index contributed by atoms with van der Waals surface area (Å²) in [5.41, 5.74) is 0.632. The lowest BCUT2D eigenvalue weighted by Gasteiger charge is -2.34. The van der Waals surface area contributed by atoms with Gasteiger partial charge < -0.3 is 14.6 Å². The Morgan fingerprint density at radius 3 is 1.66 bits per heavy atom. The first-order valence-electron chi connectivity index (χ1n) is 9.94. The highest BCUT2D eigenvalue weighted by Gasteiger charge is 2.52. The zero-order chi connectivity index (χ0) is 22.4. The van der Waals surface area contributed by atoms with E-state index in [1.165, 1.54) is 42.5 Å². The molecule has 0 amide bonds. The number of ether oxygens (including phenoxy) is 2. The molecule has 0 aliphatic carbocycles. The summed E-state index contributed by atoms with van der Waals surface area (Å²) in [6.07, 6.45) is 0. The number of phenols is 1. The summed E-state index contributed by atoms with van der Waals surface area (Å²) >= 11 is 0. The van der Waals surface area contributed by atoms with Crippen molar-refractivity contribution in [3.05, 3.63) is 89.5 Å². The van der Waals surface area contributed by atoms with Gasteiger partial charge in [-0.25, -0.2) is 0 Å². The number of hydrogen-bond acceptors (Lipinski definition) is 7. The molecule has 0 bridgehead atoms. The highest BCUT2D eigenvalue weighted by Crippen LogP contribution is 2.44. The van der Waals surface area contributed by atoms with E-state index >= 15 is 0 Å². The number of benzene rings is 3. The molecule has 3 aromatic rings. The van der Waals surface area contributed by atoms with Gasteiger partial charge in [0.2, 0.25) is 0 Å². The zero-order valence-electron chi connectivity index (χ0n) is 16.6. The lowest BCUT2D eigenvalue weighted by atomic mass is 9.70. The fourth-order valence-electron chi connectivity index (χ4n) is 4.34. The minimum Gasteiger partial charge on any atom is -0.508 e. The first-order valence-corrected chi connectivity index (χ1v) is 9.94. The average Bonchev–Trinajstić information content (AvgIpc) is 2.78. The van der Waals surface area contributed by atoms with E-state index in [2.05, 4.69) is 0 Å². The third kappa shape index (κ3) is 3.06. The second kappa shape index (κ2) is 7.46. The van der Waals surface area contributed by atoms with Crippen LogP contribution in [0.1, 0.15) is 32.2 Å². The predicted molar refractivity (Wildman–Crippen MR) is 111 cm³/mol. The molecule has 1 N–H and O–H groups in total. The van der Waals surface area contributed by atoms with Gasteiger partial charge in [-0.1, -0.05) is 36.4 Å². The van der Waals surface area contributed by atoms with Crippen molar-refractivity contribution in [3.8, 4) is 17.2 Å². The lowest BCUT2D eigenvalue weighted by molar-refractivity contribution is -0.142. The molecule has 2 aliphatic rings. The molecule has 7 nitrogen and oxygen atoms in total. The molecule has 0 fully saturated rings. The van der Waals surface area contributed by atoms with Crippen LogP contribution in [-0.2, 0) is 9.59 Å². The number of ketones is 2. The molecular formula is C25H16O7. The summed E-state index contributed by atoms with van der Waals surface area (Å²) in [7, 11) is 0. The topological polar surface area (TPSA) is 107 Å². The highest BCUT2D eigenvalue weighted by molar-refractivity contribution is 6.18. The predicted octanol–water partition coefficient (Wildman–Crippen LogP) is 3.31. The molecule has 7 heteroatoms. The van der Waals surface area contributed by atoms with Crippen molar-refractivity contribution in [2.24, 2.45) is 11.8 Å². The smallest absolute Gasteiger partial charge is 0.322 e. The van der Waals surface area contributed by atoms with Crippen molar-refractivity contribution < 1.29 is 33.8 Å². The summed E-state index contributed by atoms with van der Waals surface area (Å²) in [5.74, 6) is -6.95. The van der Waals surface area contributed by atoms with Crippen LogP contribution in [0.3, 0.4) is 0 Å². The molecule has 0 saturated heterocycles. The van der Waals surface area contributed by atoms with E-state index < -0.39 is 41.3 Å². The van der Waals surface area contributed by atoms with Crippen LogP contribution in [0.5, 0.6) is 17.2 Å². The highest BCUT2D eigenvalue weighted by atomic mass is 16.5. The van der Waals surface area contributed by atoms with E-state index in [0.717, 1.165) is 0 Å². The third-order valence-corrected chi connectivity index (χ3v) is 5.77. The summed E-state index contributed by atoms with van der Waals surface area (Å²) < 4.78 is 10.8. The van der Waals surface area contributed by atoms with Gasteiger partial charge in [0, 0.05) is 5.92 Å². The van der Waals surface area contributed by atoms with Crippen LogP contribution < -0.4 is 9.47 Å². The van der Waals surface area contributed by atoms with Crippen LogP contribution in [0.2, 0.25) is 0 Å². The standard InChI is InChI=1S/C25H16O7/c26-14-7-5-6-13(12-14)19(20-22(27)15-8-1-3-10-17(15)31-24(20)29)21-23(28)16-9-2-4-11-18(16)32-25(21)30/h1-12,19-21,26H. The molecule has 2 heterocycles. The van der Waals surface area contributed by atoms with Crippen molar-refractivity contribution in [1.82, 2.24) is 0 Å². The molecule has 2 aliphatic heterocycles. The number of phenolic OH excluding ortho intramolecular Hbond substituents is 1. The second-order valence-corrected chi connectivity index (χ2v) is 7.64. The van der Waals surface area contributed by atoms with Crippen LogP contribution >= 0.6 is 0 Å². The normalized spacial score (nSPS) is 20.6. The number of fused-ring (bicyclic) bond motifs is 2. The van der Waals surface area contributed by atoms with E-state index in [1.807, 2.05) is 0 Å². The Kier molecular flexibility index (Phi) is 4.59. The quantitative estimate of drug-likeness (QED) is 0.387. The van der Waals surface area contributed by atoms with Crippen LogP contribution in [0, 0.1) is 11.8 Å². The summed E-state index contributed by atoms with van der Waals surface area (Å²) in [6, 6.07) is 18.4. The number of Topliss-reactive ketones (excluding diaryl/α,β-unsaturated/α-hetero) is 2. The van der Waals surface area contributed by atoms with Crippen molar-refractivity contribution in [3.63, 3.8) is 0 Å². The Labute approximate surface area is 182 Å². The number of rotatable bonds is 3. The molecule has 2 atom stereocenters. The van der Waals surface area contributed by atoms with Crippen LogP contribution in [0.25, 0.3) is 0 Å². The number of aromatic hydroxyl groups is 1. The fourth-order valence-corrected chi connectivity index (χ4v) is 4.34. The van der Waals surface area contributed by atoms with Crippen molar-refractivity contribution in [2.45, 2.75) is 5.92 Å². The van der Waals surface area contributed by atoms with E-state index in [4.69, 9.17) is 9.47 Å². The Morgan fingerprint density at radius 1 is 0.656 bits per heavy atom. The Hall–Kier alpha value is -4.26. The number of esters is 2. The van der Waals surface area contributed by atoms with Crippen molar-refractivity contribution in [2.75, 3.05) is 0 Å². The first-order chi connectivity index (χ1) is 15.5. The van der Waals surface area contributed by atoms with Gasteiger partial charge in [0.1, 0.15) is 29.1 Å². The number of para-hydroxylation sites is 2. The molecule has 32 heavy (non-hydrogen) atoms. The van der Waals surface area contributed by atoms with Gasteiger partial charge in [0.25, 0.3) is 0 Å². The monoisotopic (exact) mass is 428 g/mol. The maximum atomic E-state index is 13.4. The Bertz CT molecular complexity index is 1220. The Morgan fingerprint density at radius 2 is 1.16 bits per heavy atom. The van der Waals surface area contributed by atoms with Crippen LogP contribution in [0.15, 0.2) is 72.8 Å². The summed E-state index contributed by atoms with van der Waals surface area (Å²) in [6.45, 7) is 0. The molecule has 5 rings (SSSR count). The lowest BCUT2D eigenvalue weighted by Crippen LogP contribution is -2.46. The van der Waals surface area contributed by atoms with Gasteiger partial charge in [0.15, 0.2) is 11.6 Å². The van der Waals surface area contributed by atoms with Gasteiger partial charge in [-0.3, -0.25) is 19.2 Å². The molecule has 3 aromatic carbocycles. The first kappa shape index (κ1) is 19.7. The van der Waals surface area contributed by atoms with Crippen LogP contribution in [-0.4, -0.2) is 28.6 Å². The SMILES string of the molecule is O=C1Oc2ccccc2C(=O)C1C(c1cccc(O)c1)C1C(=O)Oc2ccccc2C1=O. The van der Waals surface area contributed by atoms with E-state index in [0.29, 0.717) is 0 Å². The molecule has 0 spiro atoms. The number of hydrogen-bond donors (Lipinski definition) is 1. The molecule has 0 saturated carbocycles. The van der Waals surface area contributed by atoms with Crippen molar-refractivity contribution >= 4 is 23.5 Å². The van der Waals surface area contributed by atoms with Gasteiger partial charge in [-0.2, -0.15) is 0 Å². The van der Waals surface area contributed by atoms with Gasteiger partial charge in [0.05, 0.1) is 11.1 Å². The van der Waals surface area contributed by atoms with Gasteiger partial charge in [-0.15, -0.1) is 0 Å². The largest absolute Gasteiger partial charge is 0.508 e. The van der Waals surface area contributed by atoms with E-state index in [-0.39, 0.29) is 33.9 Å². The summed E-state index contributed by atoms with van der Waals surface area (Å²) in [4.78, 5) is 52.8. The molecule has 0 radical (unpaired) electrons. The van der Waals surface area contributed by atoms with Gasteiger partial charge in [-0.05, 0) is 42.0 Å². The summed E-state index contributed by atoms with van der Waals surface area (Å²) in [5, 5.41) is 10.0. The molecule has 2 unspecified atom stereocenters. The molecule has 158 valence electrons. The second-order valence-electron chi connectivity index (χ2n) is 7.64. The molecule has 0 aromatic heterocycles. The van der Waals surface area contributed by atoms with E-state index in [1.54, 1.807) is 30.3 Å². The number of carbonyl (C=O) groups excluding carboxylic acids is 4. The van der Waals surface area contributed by atoms with E-state index in [9.17, 15) is 24.3 Å². The Balaban J connectivity index is 1.68. The van der Waals surface area contributed by atoms with Gasteiger partial charge >= 0.3 is 11.9 Å². The minimum atomic E-state index is -1.47. The molecular weight excluding hydrogens is 412 g/mol. The van der Waals surface area contributed by atoms with Crippen LogP contribution in [0.4, 0.5) is 0 Å². The maximum absolute atomic E-state index is 13.4.